The number of ether oxygens (including phenoxy) is 2. The van der Waals surface area contributed by atoms with E-state index >= 15 is 4.39 Å². The number of aliphatic hydroxyl groups is 1. The molecule has 1 aliphatic rings. The van der Waals surface area contributed by atoms with E-state index in [0.717, 1.165) is 11.1 Å². The lowest BCUT2D eigenvalue weighted by Gasteiger charge is -2.44. The van der Waals surface area contributed by atoms with Crippen molar-refractivity contribution in [1.29, 1.82) is 0 Å². The number of halogens is 1. The zero-order valence-corrected chi connectivity index (χ0v) is 25.4. The zero-order valence-electron chi connectivity index (χ0n) is 25.4. The lowest BCUT2D eigenvalue weighted by molar-refractivity contribution is -0.0565. The summed E-state index contributed by atoms with van der Waals surface area (Å²) in [5.74, 6) is -0.960. The molecule has 0 aliphatic carbocycles. The Kier molecular flexibility index (Phi) is 10.8. The quantitative estimate of drug-likeness (QED) is 0.258. The van der Waals surface area contributed by atoms with Crippen LogP contribution in [0.1, 0.15) is 52.7 Å². The van der Waals surface area contributed by atoms with Gasteiger partial charge in [0.25, 0.3) is 5.91 Å². The molecule has 1 unspecified atom stereocenters. The van der Waals surface area contributed by atoms with Crippen molar-refractivity contribution in [3.8, 4) is 16.9 Å². The fourth-order valence-electron chi connectivity index (χ4n) is 6.04. The monoisotopic (exact) mass is 591 g/mol. The Balaban J connectivity index is 1.73. The number of rotatable bonds is 11. The smallest absolute Gasteiger partial charge is 0.406 e. The Bertz CT molecular complexity index is 1410. The minimum atomic E-state index is -1.51. The van der Waals surface area contributed by atoms with Crippen LogP contribution < -0.4 is 15.4 Å². The van der Waals surface area contributed by atoms with Gasteiger partial charge in [-0.3, -0.25) is 4.79 Å². The van der Waals surface area contributed by atoms with Gasteiger partial charge >= 0.3 is 6.09 Å². The highest BCUT2D eigenvalue weighted by Gasteiger charge is 2.43. The molecule has 4 rings (SSSR count). The maximum Gasteiger partial charge on any atom is 0.406 e. The first-order valence-corrected chi connectivity index (χ1v) is 14.7. The number of aryl methyl sites for hydroxylation is 1. The number of alkyl carbamates (subject to hydrolysis) is 1. The minimum Gasteiger partial charge on any atom is -0.494 e. The van der Waals surface area contributed by atoms with E-state index < -0.39 is 17.5 Å². The van der Waals surface area contributed by atoms with Crippen molar-refractivity contribution in [2.75, 3.05) is 40.9 Å². The van der Waals surface area contributed by atoms with Crippen LogP contribution in [0.25, 0.3) is 11.1 Å². The van der Waals surface area contributed by atoms with Gasteiger partial charge in [-0.25, -0.2) is 9.18 Å². The molecule has 2 atom stereocenters. The molecule has 0 bridgehead atoms. The first-order chi connectivity index (χ1) is 20.7. The molecule has 8 nitrogen and oxygen atoms in total. The summed E-state index contributed by atoms with van der Waals surface area (Å²) in [5, 5.41) is 18.5. The number of carbonyl (C=O) groups excluding carboxylic acids is 2. The van der Waals surface area contributed by atoms with Crippen molar-refractivity contribution in [1.82, 2.24) is 15.5 Å². The van der Waals surface area contributed by atoms with Crippen LogP contribution in [0.2, 0.25) is 0 Å². The number of amides is 2. The molecule has 1 heterocycles. The second-order valence-electron chi connectivity index (χ2n) is 11.1. The Morgan fingerprint density at radius 3 is 2.56 bits per heavy atom. The van der Waals surface area contributed by atoms with Crippen LogP contribution in [-0.2, 0) is 16.9 Å². The zero-order chi connectivity index (χ0) is 31.0. The van der Waals surface area contributed by atoms with Crippen LogP contribution >= 0.6 is 0 Å². The molecule has 230 valence electrons. The normalized spacial score (nSPS) is 16.3. The van der Waals surface area contributed by atoms with Gasteiger partial charge in [-0.15, -0.1) is 0 Å². The molecule has 43 heavy (non-hydrogen) atoms. The SMILES string of the molecule is CNCc1ccc(C(=O)N2CCC[C@@H](C(O)(CCCNC(=O)OC)c3ccc(OC)c(F)c3-c3cccc(C)c3)C2)cc1. The van der Waals surface area contributed by atoms with Gasteiger partial charge in [-0.05, 0) is 74.5 Å². The summed E-state index contributed by atoms with van der Waals surface area (Å²) in [6.07, 6.45) is 1.41. The molecule has 0 aromatic heterocycles. The van der Waals surface area contributed by atoms with Crippen LogP contribution in [-0.4, -0.2) is 62.9 Å². The van der Waals surface area contributed by atoms with Crippen molar-refractivity contribution in [2.24, 2.45) is 5.92 Å². The van der Waals surface area contributed by atoms with Crippen LogP contribution in [0.3, 0.4) is 0 Å². The van der Waals surface area contributed by atoms with E-state index in [1.807, 2.05) is 62.5 Å². The number of nitrogens with zero attached hydrogens (tertiary/aromatic N) is 1. The van der Waals surface area contributed by atoms with E-state index in [0.29, 0.717) is 55.6 Å². The fraction of sp³-hybridized carbons (Fsp3) is 0.412. The molecule has 3 aromatic rings. The van der Waals surface area contributed by atoms with Gasteiger partial charge in [0.15, 0.2) is 11.6 Å². The minimum absolute atomic E-state index is 0.0807. The summed E-state index contributed by atoms with van der Waals surface area (Å²) in [6.45, 7) is 3.78. The molecular weight excluding hydrogens is 549 g/mol. The Morgan fingerprint density at radius 2 is 1.88 bits per heavy atom. The third kappa shape index (κ3) is 7.35. The predicted octanol–water partition coefficient (Wildman–Crippen LogP) is 5.41. The topological polar surface area (TPSA) is 100 Å². The van der Waals surface area contributed by atoms with Gasteiger partial charge in [0.2, 0.25) is 0 Å². The molecule has 1 saturated heterocycles. The van der Waals surface area contributed by atoms with E-state index in [-0.39, 0.29) is 36.1 Å². The van der Waals surface area contributed by atoms with E-state index in [2.05, 4.69) is 10.6 Å². The third-order valence-corrected chi connectivity index (χ3v) is 8.25. The fourth-order valence-corrected chi connectivity index (χ4v) is 6.04. The van der Waals surface area contributed by atoms with Crippen LogP contribution in [0.4, 0.5) is 9.18 Å². The van der Waals surface area contributed by atoms with Gasteiger partial charge in [0, 0.05) is 43.2 Å². The summed E-state index contributed by atoms with van der Waals surface area (Å²) in [4.78, 5) is 27.1. The lowest BCUT2D eigenvalue weighted by atomic mass is 9.72. The number of benzene rings is 3. The van der Waals surface area contributed by atoms with Crippen molar-refractivity contribution in [3.05, 3.63) is 88.7 Å². The molecule has 1 fully saturated rings. The van der Waals surface area contributed by atoms with Gasteiger partial charge in [0.05, 0.1) is 19.8 Å². The Hall–Kier alpha value is -3.95. The predicted molar refractivity (Wildman–Crippen MR) is 164 cm³/mol. The number of hydrogen-bond donors (Lipinski definition) is 3. The van der Waals surface area contributed by atoms with Gasteiger partial charge < -0.3 is 30.1 Å². The van der Waals surface area contributed by atoms with Crippen molar-refractivity contribution < 1.29 is 28.6 Å². The highest BCUT2D eigenvalue weighted by Crippen LogP contribution is 2.46. The summed E-state index contributed by atoms with van der Waals surface area (Å²) in [5.41, 5.74) is 2.44. The maximum atomic E-state index is 16.1. The highest BCUT2D eigenvalue weighted by atomic mass is 19.1. The summed E-state index contributed by atoms with van der Waals surface area (Å²) >= 11 is 0. The van der Waals surface area contributed by atoms with Crippen LogP contribution in [0.15, 0.2) is 60.7 Å². The molecule has 3 N–H and O–H groups in total. The Morgan fingerprint density at radius 1 is 1.12 bits per heavy atom. The summed E-state index contributed by atoms with van der Waals surface area (Å²) in [6, 6.07) is 18.3. The highest BCUT2D eigenvalue weighted by molar-refractivity contribution is 5.94. The Labute approximate surface area is 253 Å². The van der Waals surface area contributed by atoms with E-state index in [9.17, 15) is 14.7 Å². The number of methoxy groups -OCH3 is 2. The number of nitrogens with one attached hydrogen (secondary N) is 2. The molecule has 9 heteroatoms. The summed E-state index contributed by atoms with van der Waals surface area (Å²) < 4.78 is 26.1. The first-order valence-electron chi connectivity index (χ1n) is 14.7. The second kappa shape index (κ2) is 14.5. The van der Waals surface area contributed by atoms with Crippen molar-refractivity contribution in [2.45, 2.75) is 44.8 Å². The lowest BCUT2D eigenvalue weighted by Crippen LogP contribution is -2.48. The maximum absolute atomic E-state index is 16.1. The molecular formula is C34H42FN3O5. The van der Waals surface area contributed by atoms with Crippen molar-refractivity contribution in [3.63, 3.8) is 0 Å². The van der Waals surface area contributed by atoms with E-state index in [1.54, 1.807) is 17.0 Å². The first kappa shape index (κ1) is 32.0. The van der Waals surface area contributed by atoms with Gasteiger partial charge in [0.1, 0.15) is 0 Å². The number of piperidine rings is 1. The van der Waals surface area contributed by atoms with Crippen LogP contribution in [0.5, 0.6) is 5.75 Å². The molecule has 0 spiro atoms. The second-order valence-corrected chi connectivity index (χ2v) is 11.1. The van der Waals surface area contributed by atoms with E-state index in [4.69, 9.17) is 9.47 Å². The largest absolute Gasteiger partial charge is 0.494 e. The molecule has 2 amide bonds. The van der Waals surface area contributed by atoms with Crippen LogP contribution in [0, 0.1) is 18.7 Å². The van der Waals surface area contributed by atoms with Gasteiger partial charge in [-0.2, -0.15) is 0 Å². The third-order valence-electron chi connectivity index (χ3n) is 8.25. The molecule has 3 aromatic carbocycles. The molecule has 0 saturated carbocycles. The molecule has 1 aliphatic heterocycles. The average Bonchev–Trinajstić information content (AvgIpc) is 3.03. The average molecular weight is 592 g/mol. The van der Waals surface area contributed by atoms with Gasteiger partial charge in [-0.1, -0.05) is 48.0 Å². The number of likely N-dealkylation sites (tertiary alicyclic amines) is 1. The number of hydrogen-bond acceptors (Lipinski definition) is 6. The number of carbonyl (C=O) groups is 2. The molecule has 0 radical (unpaired) electrons. The van der Waals surface area contributed by atoms with E-state index in [1.165, 1.54) is 14.2 Å². The standard InChI is InChI=1S/C34H42FN3O5/c1-23-8-5-9-26(20-23)30-28(15-16-29(42-3)31(30)35)34(41,17-7-18-37-33(40)43-4)27-10-6-19-38(22-27)32(39)25-13-11-24(12-14-25)21-36-2/h5,8-9,11-16,20,27,36,41H,6-7,10,17-19,21-22H2,1-4H3,(H,37,40)/t27-,34?/m1/s1. The summed E-state index contributed by atoms with van der Waals surface area (Å²) in [7, 11) is 4.58. The van der Waals surface area contributed by atoms with Crippen molar-refractivity contribution >= 4 is 12.0 Å².